The van der Waals surface area contributed by atoms with Crippen molar-refractivity contribution in [3.63, 3.8) is 0 Å². The number of ether oxygens (including phenoxy) is 3. The fourth-order valence-corrected chi connectivity index (χ4v) is 4.21. The summed E-state index contributed by atoms with van der Waals surface area (Å²) in [5.41, 5.74) is 1.11. The first-order chi connectivity index (χ1) is 13.6. The van der Waals surface area contributed by atoms with Gasteiger partial charge in [-0.1, -0.05) is 0 Å². The molecule has 1 aromatic rings. The first-order valence-corrected chi connectivity index (χ1v) is 9.87. The molecule has 0 radical (unpaired) electrons. The first kappa shape index (κ1) is 18.9. The zero-order valence-corrected chi connectivity index (χ0v) is 16.2. The number of nitrogens with one attached hydrogen (secondary N) is 1. The van der Waals surface area contributed by atoms with E-state index in [1.165, 1.54) is 0 Å². The summed E-state index contributed by atoms with van der Waals surface area (Å²) >= 11 is 0. The Kier molecular flexibility index (Phi) is 5.30. The predicted molar refractivity (Wildman–Crippen MR) is 103 cm³/mol. The summed E-state index contributed by atoms with van der Waals surface area (Å²) in [5, 5.41) is 2.75. The molecule has 152 valence electrons. The van der Waals surface area contributed by atoms with E-state index in [1.54, 1.807) is 7.11 Å². The Morgan fingerprint density at radius 1 is 1.18 bits per heavy atom. The molecular formula is C20H27N3O5. The first-order valence-electron chi connectivity index (χ1n) is 9.87. The number of carbonyl (C=O) groups excluding carboxylic acids is 2. The SMILES string of the molecule is COc1ccc(C(=O)N2CCC[C@@]3(CC2)CNC(=O)O3)cc1N1CCOCC1. The molecule has 3 aliphatic rings. The number of rotatable bonds is 3. The summed E-state index contributed by atoms with van der Waals surface area (Å²) in [6.07, 6.45) is 1.89. The van der Waals surface area contributed by atoms with Crippen molar-refractivity contribution in [1.82, 2.24) is 10.2 Å². The molecule has 0 aromatic heterocycles. The maximum atomic E-state index is 13.2. The van der Waals surface area contributed by atoms with Crippen LogP contribution in [0.4, 0.5) is 10.5 Å². The van der Waals surface area contributed by atoms with Crippen molar-refractivity contribution < 1.29 is 23.8 Å². The minimum absolute atomic E-state index is 0.00601. The van der Waals surface area contributed by atoms with Crippen LogP contribution in [0.1, 0.15) is 29.6 Å². The highest BCUT2D eigenvalue weighted by Crippen LogP contribution is 2.32. The molecule has 0 unspecified atom stereocenters. The van der Waals surface area contributed by atoms with Crippen LogP contribution in [0.3, 0.4) is 0 Å². The van der Waals surface area contributed by atoms with Gasteiger partial charge in [-0.2, -0.15) is 0 Å². The maximum absolute atomic E-state index is 13.2. The molecule has 8 nitrogen and oxygen atoms in total. The summed E-state index contributed by atoms with van der Waals surface area (Å²) in [6.45, 7) is 4.66. The second-order valence-corrected chi connectivity index (χ2v) is 7.56. The monoisotopic (exact) mass is 389 g/mol. The van der Waals surface area contributed by atoms with E-state index in [0.717, 1.165) is 37.4 Å². The second kappa shape index (κ2) is 7.87. The number of methoxy groups -OCH3 is 1. The van der Waals surface area contributed by atoms with Crippen LogP contribution in [0.2, 0.25) is 0 Å². The number of morpholine rings is 1. The molecule has 2 amide bonds. The molecule has 0 saturated carbocycles. The topological polar surface area (TPSA) is 80.3 Å². The minimum atomic E-state index is -0.467. The maximum Gasteiger partial charge on any atom is 0.407 e. The van der Waals surface area contributed by atoms with Crippen molar-refractivity contribution in [2.45, 2.75) is 24.9 Å². The Bertz CT molecular complexity index is 749. The Hall–Kier alpha value is -2.48. The molecule has 0 bridgehead atoms. The fraction of sp³-hybridized carbons (Fsp3) is 0.600. The zero-order valence-electron chi connectivity index (χ0n) is 16.2. The highest BCUT2D eigenvalue weighted by atomic mass is 16.6. The van der Waals surface area contributed by atoms with Crippen molar-refractivity contribution >= 4 is 17.7 Å². The van der Waals surface area contributed by atoms with Crippen LogP contribution in [0.25, 0.3) is 0 Å². The third kappa shape index (κ3) is 3.73. The molecule has 28 heavy (non-hydrogen) atoms. The van der Waals surface area contributed by atoms with E-state index < -0.39 is 5.60 Å². The van der Waals surface area contributed by atoms with Crippen molar-refractivity contribution in [2.24, 2.45) is 0 Å². The molecule has 1 spiro atoms. The van der Waals surface area contributed by atoms with Gasteiger partial charge in [-0.3, -0.25) is 4.79 Å². The van der Waals surface area contributed by atoms with Gasteiger partial charge in [-0.25, -0.2) is 4.79 Å². The number of hydrogen-bond donors (Lipinski definition) is 1. The van der Waals surface area contributed by atoms with Gasteiger partial charge in [0, 0.05) is 38.2 Å². The molecule has 3 saturated heterocycles. The molecule has 8 heteroatoms. The van der Waals surface area contributed by atoms with Crippen molar-refractivity contribution in [3.8, 4) is 5.75 Å². The van der Waals surface area contributed by atoms with Gasteiger partial charge in [0.1, 0.15) is 11.4 Å². The van der Waals surface area contributed by atoms with Crippen LogP contribution < -0.4 is 15.0 Å². The fourth-order valence-electron chi connectivity index (χ4n) is 4.21. The lowest BCUT2D eigenvalue weighted by atomic mass is 9.95. The highest BCUT2D eigenvalue weighted by molar-refractivity contribution is 5.95. The number of carbonyl (C=O) groups is 2. The van der Waals surface area contributed by atoms with E-state index in [0.29, 0.717) is 44.8 Å². The van der Waals surface area contributed by atoms with E-state index in [2.05, 4.69) is 10.2 Å². The predicted octanol–water partition coefficient (Wildman–Crippen LogP) is 1.64. The number of anilines is 1. The zero-order chi connectivity index (χ0) is 19.6. The average molecular weight is 389 g/mol. The number of amides is 2. The summed E-state index contributed by atoms with van der Waals surface area (Å²) in [5.74, 6) is 0.767. The Labute approximate surface area is 164 Å². The summed E-state index contributed by atoms with van der Waals surface area (Å²) in [7, 11) is 1.64. The third-order valence-corrected chi connectivity index (χ3v) is 5.83. The van der Waals surface area contributed by atoms with Crippen LogP contribution in [-0.2, 0) is 9.47 Å². The van der Waals surface area contributed by atoms with Gasteiger partial charge in [-0.05, 0) is 31.0 Å². The van der Waals surface area contributed by atoms with Gasteiger partial charge in [0.2, 0.25) is 0 Å². The van der Waals surface area contributed by atoms with Crippen molar-refractivity contribution in [1.29, 1.82) is 0 Å². The van der Waals surface area contributed by atoms with Crippen LogP contribution in [0.15, 0.2) is 18.2 Å². The van der Waals surface area contributed by atoms with Gasteiger partial charge in [0.15, 0.2) is 0 Å². The second-order valence-electron chi connectivity index (χ2n) is 7.56. The largest absolute Gasteiger partial charge is 0.495 e. The molecule has 1 atom stereocenters. The molecule has 0 aliphatic carbocycles. The highest BCUT2D eigenvalue weighted by Gasteiger charge is 2.42. The smallest absolute Gasteiger partial charge is 0.407 e. The van der Waals surface area contributed by atoms with Gasteiger partial charge >= 0.3 is 6.09 Å². The van der Waals surface area contributed by atoms with Crippen LogP contribution in [-0.4, -0.2) is 75.5 Å². The van der Waals surface area contributed by atoms with Crippen LogP contribution >= 0.6 is 0 Å². The molecule has 3 aliphatic heterocycles. The lowest BCUT2D eigenvalue weighted by molar-refractivity contribution is 0.0438. The van der Waals surface area contributed by atoms with E-state index in [1.807, 2.05) is 23.1 Å². The molecule has 1 N–H and O–H groups in total. The van der Waals surface area contributed by atoms with Crippen LogP contribution in [0.5, 0.6) is 5.75 Å². The van der Waals surface area contributed by atoms with E-state index >= 15 is 0 Å². The lowest BCUT2D eigenvalue weighted by Crippen LogP contribution is -2.37. The minimum Gasteiger partial charge on any atom is -0.495 e. The Balaban J connectivity index is 1.50. The summed E-state index contributed by atoms with van der Waals surface area (Å²) in [4.78, 5) is 28.7. The average Bonchev–Trinajstić information content (AvgIpc) is 2.97. The van der Waals surface area contributed by atoms with E-state index in [4.69, 9.17) is 14.2 Å². The van der Waals surface area contributed by atoms with Crippen molar-refractivity contribution in [3.05, 3.63) is 23.8 Å². The molecule has 4 rings (SSSR count). The molecule has 3 fully saturated rings. The number of nitrogens with zero attached hydrogens (tertiary/aromatic N) is 2. The number of likely N-dealkylation sites (tertiary alicyclic amines) is 1. The van der Waals surface area contributed by atoms with Gasteiger partial charge < -0.3 is 29.3 Å². The van der Waals surface area contributed by atoms with Crippen LogP contribution in [0, 0.1) is 0 Å². The number of benzene rings is 1. The summed E-state index contributed by atoms with van der Waals surface area (Å²) in [6, 6.07) is 5.60. The van der Waals surface area contributed by atoms with Gasteiger partial charge in [-0.15, -0.1) is 0 Å². The van der Waals surface area contributed by atoms with E-state index in [-0.39, 0.29) is 12.0 Å². The normalized spacial score (nSPS) is 25.2. The molecule has 1 aromatic carbocycles. The Morgan fingerprint density at radius 3 is 2.71 bits per heavy atom. The standard InChI is InChI=1S/C20H27N3O5/c1-26-17-4-3-15(13-16(17)22-9-11-27-12-10-22)18(24)23-7-2-5-20(6-8-23)14-21-19(25)28-20/h3-4,13H,2,5-12,14H2,1H3,(H,21,25)/t20-/m1/s1. The van der Waals surface area contributed by atoms with Crippen molar-refractivity contribution in [2.75, 3.05) is 57.9 Å². The Morgan fingerprint density at radius 2 is 2.00 bits per heavy atom. The molecule has 3 heterocycles. The third-order valence-electron chi connectivity index (χ3n) is 5.83. The molecular weight excluding hydrogens is 362 g/mol. The quantitative estimate of drug-likeness (QED) is 0.847. The number of hydrogen-bond acceptors (Lipinski definition) is 6. The number of alkyl carbamates (subject to hydrolysis) is 1. The van der Waals surface area contributed by atoms with Gasteiger partial charge in [0.05, 0.1) is 32.6 Å². The summed E-state index contributed by atoms with van der Waals surface area (Å²) < 4.78 is 16.5. The van der Waals surface area contributed by atoms with E-state index in [9.17, 15) is 9.59 Å². The lowest BCUT2D eigenvalue weighted by Gasteiger charge is -2.30. The van der Waals surface area contributed by atoms with Gasteiger partial charge in [0.25, 0.3) is 5.91 Å².